The molecule has 1 fully saturated rings. The van der Waals surface area contributed by atoms with Gasteiger partial charge >= 0.3 is 0 Å². The van der Waals surface area contributed by atoms with Crippen LogP contribution in [-0.4, -0.2) is 41.9 Å². The third kappa shape index (κ3) is 2.30. The molecule has 1 saturated heterocycles. The van der Waals surface area contributed by atoms with E-state index in [0.29, 0.717) is 0 Å². The van der Waals surface area contributed by atoms with Crippen LogP contribution >= 0.6 is 11.8 Å². The van der Waals surface area contributed by atoms with E-state index < -0.39 is 0 Å². The van der Waals surface area contributed by atoms with E-state index in [4.69, 9.17) is 0 Å². The normalized spacial score (nSPS) is 19.9. The maximum atomic E-state index is 4.48. The minimum Gasteiger partial charge on any atom is -0.355 e. The first-order chi connectivity index (χ1) is 8.45. The zero-order valence-electron chi connectivity index (χ0n) is 9.72. The quantitative estimate of drug-likeness (QED) is 0.761. The summed E-state index contributed by atoms with van der Waals surface area (Å²) >= 11 is 1.79. The molecule has 5 heteroatoms. The van der Waals surface area contributed by atoms with Gasteiger partial charge in [0.2, 0.25) is 0 Å². The molecule has 0 aliphatic carbocycles. The van der Waals surface area contributed by atoms with E-state index in [0.717, 1.165) is 42.8 Å². The second-order valence-corrected chi connectivity index (χ2v) is 5.23. The number of fused-ring (bicyclic) bond motifs is 1. The fourth-order valence-electron chi connectivity index (χ4n) is 2.23. The first-order valence-electron chi connectivity index (χ1n) is 6.05. The SMILES string of the molecule is C1=Cc2c(ncnc2N2CCCNCC2)SC1. The maximum Gasteiger partial charge on any atom is 0.140 e. The molecule has 17 heavy (non-hydrogen) atoms. The molecule has 4 nitrogen and oxygen atoms in total. The Bertz CT molecular complexity index is 425. The predicted octanol–water partition coefficient (Wildman–Crippen LogP) is 1.40. The molecule has 1 aromatic rings. The van der Waals surface area contributed by atoms with E-state index in [9.17, 15) is 0 Å². The lowest BCUT2D eigenvalue weighted by molar-refractivity contribution is 0.724. The monoisotopic (exact) mass is 248 g/mol. The summed E-state index contributed by atoms with van der Waals surface area (Å²) in [5.41, 5.74) is 1.20. The van der Waals surface area contributed by atoms with Crippen molar-refractivity contribution < 1.29 is 0 Å². The van der Waals surface area contributed by atoms with Crippen LogP contribution in [0.4, 0.5) is 5.82 Å². The Morgan fingerprint density at radius 2 is 2.24 bits per heavy atom. The third-order valence-corrected chi connectivity index (χ3v) is 4.02. The summed E-state index contributed by atoms with van der Waals surface area (Å²) in [6.45, 7) is 4.25. The molecular weight excluding hydrogens is 232 g/mol. The van der Waals surface area contributed by atoms with Crippen LogP contribution in [0.15, 0.2) is 17.4 Å². The Hall–Kier alpha value is -1.07. The van der Waals surface area contributed by atoms with Crippen LogP contribution in [0.3, 0.4) is 0 Å². The van der Waals surface area contributed by atoms with Gasteiger partial charge in [0.15, 0.2) is 0 Å². The van der Waals surface area contributed by atoms with Gasteiger partial charge < -0.3 is 10.2 Å². The summed E-state index contributed by atoms with van der Waals surface area (Å²) in [5.74, 6) is 2.12. The van der Waals surface area contributed by atoms with Crippen molar-refractivity contribution >= 4 is 23.7 Å². The van der Waals surface area contributed by atoms with E-state index in [1.807, 2.05) is 0 Å². The molecule has 0 amide bonds. The average Bonchev–Trinajstić information content (AvgIpc) is 2.67. The van der Waals surface area contributed by atoms with Crippen LogP contribution in [0.1, 0.15) is 12.0 Å². The van der Waals surface area contributed by atoms with Crippen LogP contribution < -0.4 is 10.2 Å². The van der Waals surface area contributed by atoms with E-state index in [2.05, 4.69) is 32.3 Å². The zero-order valence-corrected chi connectivity index (χ0v) is 10.5. The topological polar surface area (TPSA) is 41.1 Å². The number of hydrogen-bond acceptors (Lipinski definition) is 5. The van der Waals surface area contributed by atoms with E-state index in [1.54, 1.807) is 18.1 Å². The lowest BCUT2D eigenvalue weighted by atomic mass is 10.2. The molecule has 0 aromatic carbocycles. The van der Waals surface area contributed by atoms with Crippen molar-refractivity contribution in [1.29, 1.82) is 0 Å². The van der Waals surface area contributed by atoms with Crippen LogP contribution in [0.25, 0.3) is 6.08 Å². The van der Waals surface area contributed by atoms with Gasteiger partial charge in [-0.1, -0.05) is 12.2 Å². The smallest absolute Gasteiger partial charge is 0.140 e. The second kappa shape index (κ2) is 5.06. The minimum absolute atomic E-state index is 1.02. The summed E-state index contributed by atoms with van der Waals surface area (Å²) in [4.78, 5) is 11.2. The number of rotatable bonds is 1. The Morgan fingerprint density at radius 1 is 1.24 bits per heavy atom. The van der Waals surface area contributed by atoms with Gasteiger partial charge in [-0.15, -0.1) is 11.8 Å². The lowest BCUT2D eigenvalue weighted by Gasteiger charge is -2.24. The highest BCUT2D eigenvalue weighted by Crippen LogP contribution is 2.31. The highest BCUT2D eigenvalue weighted by atomic mass is 32.2. The molecule has 2 aliphatic heterocycles. The third-order valence-electron chi connectivity index (χ3n) is 3.07. The van der Waals surface area contributed by atoms with Gasteiger partial charge in [-0.05, 0) is 13.0 Å². The first kappa shape index (κ1) is 11.0. The van der Waals surface area contributed by atoms with Crippen molar-refractivity contribution in [3.05, 3.63) is 18.0 Å². The zero-order chi connectivity index (χ0) is 11.5. The molecule has 3 heterocycles. The average molecular weight is 248 g/mol. The molecular formula is C12H16N4S. The number of aromatic nitrogens is 2. The van der Waals surface area contributed by atoms with Gasteiger partial charge in [-0.3, -0.25) is 0 Å². The molecule has 0 spiro atoms. The van der Waals surface area contributed by atoms with Crippen molar-refractivity contribution in [3.63, 3.8) is 0 Å². The molecule has 2 aliphatic rings. The van der Waals surface area contributed by atoms with Crippen LogP contribution in [0.5, 0.6) is 0 Å². The van der Waals surface area contributed by atoms with Crippen LogP contribution in [0.2, 0.25) is 0 Å². The summed E-state index contributed by atoms with van der Waals surface area (Å²) in [5, 5.41) is 4.54. The van der Waals surface area contributed by atoms with Gasteiger partial charge in [0.05, 0.1) is 0 Å². The molecule has 3 rings (SSSR count). The molecule has 1 aromatic heterocycles. The van der Waals surface area contributed by atoms with E-state index >= 15 is 0 Å². The predicted molar refractivity (Wildman–Crippen MR) is 71.5 cm³/mol. The number of anilines is 1. The van der Waals surface area contributed by atoms with Crippen molar-refractivity contribution in [2.75, 3.05) is 36.8 Å². The minimum atomic E-state index is 1.02. The van der Waals surface area contributed by atoms with Crippen molar-refractivity contribution in [1.82, 2.24) is 15.3 Å². The number of nitrogens with zero attached hydrogens (tertiary/aromatic N) is 3. The van der Waals surface area contributed by atoms with Crippen molar-refractivity contribution in [2.24, 2.45) is 0 Å². The molecule has 0 saturated carbocycles. The van der Waals surface area contributed by atoms with Gasteiger partial charge in [0, 0.05) is 31.0 Å². The van der Waals surface area contributed by atoms with Gasteiger partial charge in [-0.25, -0.2) is 9.97 Å². The molecule has 0 radical (unpaired) electrons. The van der Waals surface area contributed by atoms with Crippen LogP contribution in [0, 0.1) is 0 Å². The van der Waals surface area contributed by atoms with E-state index in [-0.39, 0.29) is 0 Å². The summed E-state index contributed by atoms with van der Waals surface area (Å²) < 4.78 is 0. The van der Waals surface area contributed by atoms with Gasteiger partial charge in [0.25, 0.3) is 0 Å². The largest absolute Gasteiger partial charge is 0.355 e. The van der Waals surface area contributed by atoms with Crippen LogP contribution in [-0.2, 0) is 0 Å². The Kier molecular flexibility index (Phi) is 3.29. The second-order valence-electron chi connectivity index (χ2n) is 4.22. The lowest BCUT2D eigenvalue weighted by Crippen LogP contribution is -2.29. The molecule has 0 unspecified atom stereocenters. The molecule has 1 N–H and O–H groups in total. The number of hydrogen-bond donors (Lipinski definition) is 1. The standard InChI is InChI=1S/C12H16N4S/c1-3-10-11(14-9-15-12(10)17-8-1)16-6-2-4-13-5-7-16/h1,3,9,13H,2,4-8H2. The highest BCUT2D eigenvalue weighted by molar-refractivity contribution is 7.99. The highest BCUT2D eigenvalue weighted by Gasteiger charge is 2.18. The molecule has 90 valence electrons. The van der Waals surface area contributed by atoms with E-state index in [1.165, 1.54) is 12.0 Å². The summed E-state index contributed by atoms with van der Waals surface area (Å²) in [6, 6.07) is 0. The molecule has 0 bridgehead atoms. The first-order valence-corrected chi connectivity index (χ1v) is 7.04. The Morgan fingerprint density at radius 3 is 3.24 bits per heavy atom. The number of thioether (sulfide) groups is 1. The Labute approximate surface area is 106 Å². The fraction of sp³-hybridized carbons (Fsp3) is 0.500. The Balaban J connectivity index is 1.94. The maximum absolute atomic E-state index is 4.48. The van der Waals surface area contributed by atoms with Gasteiger partial charge in [0.1, 0.15) is 17.2 Å². The number of nitrogens with one attached hydrogen (secondary N) is 1. The summed E-state index contributed by atoms with van der Waals surface area (Å²) in [7, 11) is 0. The fourth-order valence-corrected chi connectivity index (χ4v) is 3.02. The van der Waals surface area contributed by atoms with Crippen molar-refractivity contribution in [2.45, 2.75) is 11.4 Å². The van der Waals surface area contributed by atoms with Crippen molar-refractivity contribution in [3.8, 4) is 0 Å². The van der Waals surface area contributed by atoms with Gasteiger partial charge in [-0.2, -0.15) is 0 Å². The summed E-state index contributed by atoms with van der Waals surface area (Å²) in [6.07, 6.45) is 7.23. The molecule has 0 atom stereocenters.